The standard InChI is InChI=1S/C16H12N4OS2/c1-20-14(21)13(23-16(20)19-15-17-6-7-22-15)8-10-9-18-12-5-3-2-4-11(10)12/h2-9,21H,1H3. The molecule has 4 rings (SSSR count). The molecule has 0 atom stereocenters. The number of nitrogens with zero attached hydrogens (tertiary/aromatic N) is 4. The summed E-state index contributed by atoms with van der Waals surface area (Å²) >= 11 is 2.88. The zero-order valence-electron chi connectivity index (χ0n) is 12.2. The number of benzene rings is 1. The number of rotatable bonds is 2. The van der Waals surface area contributed by atoms with Gasteiger partial charge in [-0.3, -0.25) is 9.56 Å². The van der Waals surface area contributed by atoms with Crippen molar-refractivity contribution in [1.29, 1.82) is 0 Å². The quantitative estimate of drug-likeness (QED) is 0.772. The van der Waals surface area contributed by atoms with Gasteiger partial charge in [0, 0.05) is 36.0 Å². The predicted octanol–water partition coefficient (Wildman–Crippen LogP) is 3.74. The second kappa shape index (κ2) is 5.60. The van der Waals surface area contributed by atoms with Crippen molar-refractivity contribution in [3.05, 3.63) is 51.1 Å². The summed E-state index contributed by atoms with van der Waals surface area (Å²) in [6.07, 6.45) is 5.48. The Morgan fingerprint density at radius 3 is 3.00 bits per heavy atom. The molecule has 0 saturated carbocycles. The van der Waals surface area contributed by atoms with Crippen molar-refractivity contribution in [3.8, 4) is 5.88 Å². The summed E-state index contributed by atoms with van der Waals surface area (Å²) in [5, 5.41) is 12.9. The van der Waals surface area contributed by atoms with Crippen LogP contribution in [0.25, 0.3) is 11.6 Å². The minimum Gasteiger partial charge on any atom is -0.493 e. The van der Waals surface area contributed by atoms with E-state index < -0.39 is 0 Å². The topological polar surface area (TPSA) is 62.8 Å². The molecule has 1 aromatic carbocycles. The van der Waals surface area contributed by atoms with Gasteiger partial charge >= 0.3 is 0 Å². The van der Waals surface area contributed by atoms with Gasteiger partial charge in [-0.25, -0.2) is 4.98 Å². The van der Waals surface area contributed by atoms with Crippen LogP contribution in [0.4, 0.5) is 10.8 Å². The van der Waals surface area contributed by atoms with E-state index in [1.54, 1.807) is 17.8 Å². The third-order valence-electron chi connectivity index (χ3n) is 3.48. The summed E-state index contributed by atoms with van der Waals surface area (Å²) < 4.78 is 1.66. The molecule has 114 valence electrons. The Morgan fingerprint density at radius 2 is 2.17 bits per heavy atom. The lowest BCUT2D eigenvalue weighted by Crippen LogP contribution is -2.08. The molecule has 0 unspecified atom stereocenters. The highest BCUT2D eigenvalue weighted by Gasteiger charge is 2.14. The summed E-state index contributed by atoms with van der Waals surface area (Å²) in [4.78, 5) is 14.5. The van der Waals surface area contributed by atoms with Crippen LogP contribution >= 0.6 is 22.7 Å². The first kappa shape index (κ1) is 14.1. The van der Waals surface area contributed by atoms with Gasteiger partial charge in [0.2, 0.25) is 11.0 Å². The van der Waals surface area contributed by atoms with Crippen LogP contribution in [-0.2, 0) is 7.05 Å². The fourth-order valence-electron chi connectivity index (χ4n) is 2.31. The Hall–Kier alpha value is -2.51. The van der Waals surface area contributed by atoms with Crippen LogP contribution in [-0.4, -0.2) is 20.9 Å². The van der Waals surface area contributed by atoms with Crippen molar-refractivity contribution in [2.75, 3.05) is 0 Å². The Labute approximate surface area is 140 Å². The second-order valence-corrected chi connectivity index (χ2v) is 6.82. The van der Waals surface area contributed by atoms with Crippen molar-refractivity contribution in [1.82, 2.24) is 9.55 Å². The smallest absolute Gasteiger partial charge is 0.211 e. The molecule has 0 radical (unpaired) electrons. The van der Waals surface area contributed by atoms with Gasteiger partial charge < -0.3 is 5.11 Å². The predicted molar refractivity (Wildman–Crippen MR) is 94.8 cm³/mol. The van der Waals surface area contributed by atoms with Gasteiger partial charge in [-0.05, 0) is 12.1 Å². The number of para-hydroxylation sites is 1. The average Bonchev–Trinajstić information content (AvgIpc) is 3.27. The number of aromatic nitrogens is 2. The second-order valence-electron chi connectivity index (χ2n) is 4.93. The highest BCUT2D eigenvalue weighted by molar-refractivity contribution is 7.13. The Bertz CT molecular complexity index is 994. The molecule has 5 nitrogen and oxygen atoms in total. The lowest BCUT2D eigenvalue weighted by atomic mass is 10.1. The summed E-state index contributed by atoms with van der Waals surface area (Å²) in [5.74, 6) is 0.190. The lowest BCUT2D eigenvalue weighted by Gasteiger charge is -1.98. The molecule has 7 heteroatoms. The fraction of sp³-hybridized carbons (Fsp3) is 0.0625. The Balaban J connectivity index is 1.80. The largest absolute Gasteiger partial charge is 0.493 e. The first-order valence-corrected chi connectivity index (χ1v) is 8.60. The van der Waals surface area contributed by atoms with E-state index in [1.807, 2.05) is 41.9 Å². The maximum Gasteiger partial charge on any atom is 0.211 e. The van der Waals surface area contributed by atoms with Crippen LogP contribution in [0.1, 0.15) is 10.4 Å². The molecule has 23 heavy (non-hydrogen) atoms. The lowest BCUT2D eigenvalue weighted by molar-refractivity contribution is 0.427. The number of allylic oxidation sites excluding steroid dienone is 1. The normalized spacial score (nSPS) is 15.5. The van der Waals surface area contributed by atoms with Gasteiger partial charge in [0.25, 0.3) is 0 Å². The number of hydrogen-bond donors (Lipinski definition) is 1. The maximum absolute atomic E-state index is 10.4. The molecule has 0 aliphatic carbocycles. The van der Waals surface area contributed by atoms with Gasteiger partial charge in [0.1, 0.15) is 0 Å². The summed E-state index contributed by atoms with van der Waals surface area (Å²) in [6.45, 7) is 0. The highest BCUT2D eigenvalue weighted by Crippen LogP contribution is 2.34. The number of fused-ring (bicyclic) bond motifs is 1. The molecule has 0 bridgehead atoms. The number of hydrogen-bond acceptors (Lipinski definition) is 6. The van der Waals surface area contributed by atoms with Crippen LogP contribution < -0.4 is 4.80 Å². The monoisotopic (exact) mass is 340 g/mol. The van der Waals surface area contributed by atoms with Crippen LogP contribution in [0.3, 0.4) is 0 Å². The average molecular weight is 340 g/mol. The van der Waals surface area contributed by atoms with Crippen LogP contribution in [0, 0.1) is 0 Å². The zero-order valence-corrected chi connectivity index (χ0v) is 13.8. The Morgan fingerprint density at radius 1 is 1.30 bits per heavy atom. The van der Waals surface area contributed by atoms with E-state index in [2.05, 4.69) is 15.0 Å². The van der Waals surface area contributed by atoms with Gasteiger partial charge in [-0.2, -0.15) is 4.99 Å². The summed E-state index contributed by atoms with van der Waals surface area (Å²) in [5.41, 5.74) is 3.01. The first-order valence-electron chi connectivity index (χ1n) is 6.90. The van der Waals surface area contributed by atoms with E-state index in [-0.39, 0.29) is 5.88 Å². The first-order chi connectivity index (χ1) is 11.2. The van der Waals surface area contributed by atoms with Crippen LogP contribution in [0.5, 0.6) is 5.88 Å². The van der Waals surface area contributed by atoms with Crippen molar-refractivity contribution >= 4 is 51.4 Å². The zero-order chi connectivity index (χ0) is 15.8. The van der Waals surface area contributed by atoms with Crippen LogP contribution in [0.15, 0.2) is 45.8 Å². The van der Waals surface area contributed by atoms with Gasteiger partial charge in [-0.15, -0.1) is 11.3 Å². The SMILES string of the molecule is Cn1c(O)c(C=C2C=Nc3ccccc32)sc1=Nc1nccs1. The minimum absolute atomic E-state index is 0.190. The minimum atomic E-state index is 0.190. The molecule has 1 N–H and O–H groups in total. The van der Waals surface area contributed by atoms with E-state index >= 15 is 0 Å². The number of aromatic hydroxyl groups is 1. The van der Waals surface area contributed by atoms with Gasteiger partial charge in [0.05, 0.1) is 10.6 Å². The third-order valence-corrected chi connectivity index (χ3v) is 5.21. The Kier molecular flexibility index (Phi) is 3.44. The van der Waals surface area contributed by atoms with Crippen molar-refractivity contribution < 1.29 is 5.11 Å². The molecule has 0 spiro atoms. The molecule has 3 heterocycles. The molecule has 2 aromatic heterocycles. The molecular weight excluding hydrogens is 328 g/mol. The number of aliphatic imine (C=N–C) groups is 1. The van der Waals surface area contributed by atoms with E-state index in [1.165, 1.54) is 22.7 Å². The summed E-state index contributed by atoms with van der Waals surface area (Å²) in [7, 11) is 1.79. The molecule has 1 aliphatic rings. The van der Waals surface area contributed by atoms with Gasteiger partial charge in [-0.1, -0.05) is 29.5 Å². The molecule has 0 amide bonds. The van der Waals surface area contributed by atoms with E-state index in [0.29, 0.717) is 9.93 Å². The summed E-state index contributed by atoms with van der Waals surface area (Å²) in [6, 6.07) is 7.95. The maximum atomic E-state index is 10.4. The van der Waals surface area contributed by atoms with E-state index in [9.17, 15) is 5.11 Å². The molecular formula is C16H12N4OS2. The van der Waals surface area contributed by atoms with Crippen molar-refractivity contribution in [3.63, 3.8) is 0 Å². The fourth-order valence-corrected chi connectivity index (χ4v) is 3.84. The molecule has 0 fully saturated rings. The van der Waals surface area contributed by atoms with Crippen molar-refractivity contribution in [2.24, 2.45) is 17.0 Å². The molecule has 1 aliphatic heterocycles. The van der Waals surface area contributed by atoms with E-state index in [4.69, 9.17) is 0 Å². The molecule has 3 aromatic rings. The number of thiazole rings is 2. The van der Waals surface area contributed by atoms with Crippen LogP contribution in [0.2, 0.25) is 0 Å². The third kappa shape index (κ3) is 2.54. The van der Waals surface area contributed by atoms with E-state index in [0.717, 1.165) is 21.7 Å². The molecule has 0 saturated heterocycles. The van der Waals surface area contributed by atoms with Crippen molar-refractivity contribution in [2.45, 2.75) is 0 Å². The van der Waals surface area contributed by atoms with Gasteiger partial charge in [0.15, 0.2) is 4.80 Å². The highest BCUT2D eigenvalue weighted by atomic mass is 32.1.